The van der Waals surface area contributed by atoms with E-state index in [9.17, 15) is 14.4 Å². The van der Waals surface area contributed by atoms with Gasteiger partial charge in [-0.25, -0.2) is 4.98 Å². The highest BCUT2D eigenvalue weighted by Crippen LogP contribution is 2.21. The van der Waals surface area contributed by atoms with E-state index in [-0.39, 0.29) is 29.6 Å². The first-order valence-corrected chi connectivity index (χ1v) is 8.89. The number of hydrogen-bond acceptors (Lipinski definition) is 4. The maximum Gasteiger partial charge on any atom is 0.254 e. The fourth-order valence-electron chi connectivity index (χ4n) is 3.48. The summed E-state index contributed by atoms with van der Waals surface area (Å²) in [5.41, 5.74) is 1.39. The summed E-state index contributed by atoms with van der Waals surface area (Å²) in [6.07, 6.45) is 1.58. The van der Waals surface area contributed by atoms with E-state index in [0.29, 0.717) is 35.7 Å². The first-order chi connectivity index (χ1) is 12.5. The highest BCUT2D eigenvalue weighted by molar-refractivity contribution is 5.98. The molecule has 0 aliphatic carbocycles. The second kappa shape index (κ2) is 7.64. The van der Waals surface area contributed by atoms with Gasteiger partial charge in [-0.1, -0.05) is 30.3 Å². The van der Waals surface area contributed by atoms with Crippen LogP contribution in [0.5, 0.6) is 0 Å². The molecule has 0 bridgehead atoms. The maximum absolute atomic E-state index is 12.7. The van der Waals surface area contributed by atoms with Gasteiger partial charge in [0, 0.05) is 35.8 Å². The molecule has 1 aliphatic rings. The molecule has 26 heavy (non-hydrogen) atoms. The van der Waals surface area contributed by atoms with E-state index < -0.39 is 0 Å². The molecule has 1 amide bonds. The van der Waals surface area contributed by atoms with Crippen molar-refractivity contribution in [2.45, 2.75) is 33.1 Å². The molecule has 2 heterocycles. The van der Waals surface area contributed by atoms with Crippen LogP contribution >= 0.6 is 0 Å². The van der Waals surface area contributed by atoms with Crippen LogP contribution in [0.2, 0.25) is 0 Å². The molecule has 0 saturated carbocycles. The molecule has 0 unspecified atom stereocenters. The minimum absolute atomic E-state index is 0.0146. The summed E-state index contributed by atoms with van der Waals surface area (Å²) in [6, 6.07) is 9.19. The number of carbonyl (C=O) groups excluding carboxylic acids is 2. The van der Waals surface area contributed by atoms with Crippen molar-refractivity contribution < 1.29 is 9.59 Å². The van der Waals surface area contributed by atoms with Crippen molar-refractivity contribution in [1.29, 1.82) is 0 Å². The number of nitrogens with one attached hydrogen (secondary N) is 1. The van der Waals surface area contributed by atoms with Gasteiger partial charge in [-0.15, -0.1) is 0 Å². The Kier molecular flexibility index (Phi) is 5.30. The van der Waals surface area contributed by atoms with Crippen LogP contribution in [0.15, 0.2) is 35.1 Å². The van der Waals surface area contributed by atoms with Crippen LogP contribution in [0, 0.1) is 19.8 Å². The number of likely N-dealkylation sites (tertiary alicyclic amines) is 1. The average molecular weight is 353 g/mol. The number of aryl methyl sites for hydroxylation is 2. The van der Waals surface area contributed by atoms with Crippen LogP contribution in [0.4, 0.5) is 0 Å². The van der Waals surface area contributed by atoms with Gasteiger partial charge < -0.3 is 9.88 Å². The van der Waals surface area contributed by atoms with Gasteiger partial charge in [0.25, 0.3) is 5.56 Å². The summed E-state index contributed by atoms with van der Waals surface area (Å²) in [6.45, 7) is 4.48. The van der Waals surface area contributed by atoms with Gasteiger partial charge in [0.05, 0.1) is 6.42 Å². The Morgan fingerprint density at radius 3 is 2.65 bits per heavy atom. The molecule has 0 radical (unpaired) electrons. The normalized spacial score (nSPS) is 17.2. The smallest absolute Gasteiger partial charge is 0.254 e. The molecular weight excluding hydrogens is 330 g/mol. The summed E-state index contributed by atoms with van der Waals surface area (Å²) in [7, 11) is 0. The third-order valence-electron chi connectivity index (χ3n) is 4.87. The lowest BCUT2D eigenvalue weighted by Gasteiger charge is -2.32. The van der Waals surface area contributed by atoms with E-state index in [1.165, 1.54) is 0 Å². The summed E-state index contributed by atoms with van der Waals surface area (Å²) in [5, 5.41) is 0. The first kappa shape index (κ1) is 18.0. The second-order valence-electron chi connectivity index (χ2n) is 6.80. The number of piperidine rings is 1. The molecule has 6 nitrogen and oxygen atoms in total. The number of rotatable bonds is 4. The summed E-state index contributed by atoms with van der Waals surface area (Å²) >= 11 is 0. The van der Waals surface area contributed by atoms with Gasteiger partial charge in [-0.3, -0.25) is 14.4 Å². The number of amides is 1. The lowest BCUT2D eigenvalue weighted by atomic mass is 9.90. The van der Waals surface area contributed by atoms with Gasteiger partial charge in [0.2, 0.25) is 5.91 Å². The fourth-order valence-corrected chi connectivity index (χ4v) is 3.48. The van der Waals surface area contributed by atoms with Crippen LogP contribution in [-0.2, 0) is 11.2 Å². The van der Waals surface area contributed by atoms with Crippen LogP contribution in [0.3, 0.4) is 0 Å². The number of H-pyrrole nitrogens is 1. The molecule has 6 heteroatoms. The van der Waals surface area contributed by atoms with E-state index in [2.05, 4.69) is 9.97 Å². The van der Waals surface area contributed by atoms with Crippen LogP contribution < -0.4 is 5.56 Å². The molecule has 1 aromatic carbocycles. The van der Waals surface area contributed by atoms with E-state index in [1.54, 1.807) is 18.7 Å². The highest BCUT2D eigenvalue weighted by Gasteiger charge is 2.29. The molecular formula is C20H23N3O3. The molecule has 3 rings (SSSR count). The molecule has 2 aromatic rings. The van der Waals surface area contributed by atoms with Crippen molar-refractivity contribution in [2.75, 3.05) is 13.1 Å². The highest BCUT2D eigenvalue weighted by atomic mass is 16.2. The zero-order valence-corrected chi connectivity index (χ0v) is 15.1. The first-order valence-electron chi connectivity index (χ1n) is 8.89. The number of benzene rings is 1. The molecule has 0 spiro atoms. The Labute approximate surface area is 152 Å². The Morgan fingerprint density at radius 1 is 1.23 bits per heavy atom. The van der Waals surface area contributed by atoms with Gasteiger partial charge in [0.15, 0.2) is 5.78 Å². The van der Waals surface area contributed by atoms with Crippen LogP contribution in [0.25, 0.3) is 0 Å². The Bertz CT molecular complexity index is 874. The third kappa shape index (κ3) is 3.90. The van der Waals surface area contributed by atoms with Crippen molar-refractivity contribution in [3.05, 3.63) is 63.3 Å². The monoisotopic (exact) mass is 353 g/mol. The number of carbonyl (C=O) groups is 2. The van der Waals surface area contributed by atoms with E-state index in [1.807, 2.05) is 30.3 Å². The van der Waals surface area contributed by atoms with Gasteiger partial charge in [-0.05, 0) is 26.7 Å². The fraction of sp³-hybridized carbons (Fsp3) is 0.400. The van der Waals surface area contributed by atoms with E-state index in [0.717, 1.165) is 12.8 Å². The second-order valence-corrected chi connectivity index (χ2v) is 6.80. The zero-order chi connectivity index (χ0) is 18.7. The molecule has 1 N–H and O–H groups in total. The largest absolute Gasteiger partial charge is 0.342 e. The molecule has 1 aliphatic heterocycles. The lowest BCUT2D eigenvalue weighted by Crippen LogP contribution is -2.43. The van der Waals surface area contributed by atoms with Crippen molar-refractivity contribution in [3.8, 4) is 0 Å². The van der Waals surface area contributed by atoms with Crippen molar-refractivity contribution in [3.63, 3.8) is 0 Å². The molecule has 1 aromatic heterocycles. The zero-order valence-electron chi connectivity index (χ0n) is 15.1. The molecule has 136 valence electrons. The summed E-state index contributed by atoms with van der Waals surface area (Å²) in [5.74, 6) is 0.296. The Hall–Kier alpha value is -2.76. The van der Waals surface area contributed by atoms with Crippen molar-refractivity contribution in [1.82, 2.24) is 14.9 Å². The predicted octanol–water partition coefficient (Wildman–Crippen LogP) is 2.05. The number of hydrogen-bond donors (Lipinski definition) is 1. The quantitative estimate of drug-likeness (QED) is 0.853. The number of Topliss-reactive ketones (excluding diaryl/α,β-unsaturated/α-hetero) is 1. The van der Waals surface area contributed by atoms with Gasteiger partial charge in [0.1, 0.15) is 5.82 Å². The number of aromatic nitrogens is 2. The van der Waals surface area contributed by atoms with Crippen LogP contribution in [-0.4, -0.2) is 39.6 Å². The average Bonchev–Trinajstić information content (AvgIpc) is 2.64. The standard InChI is InChI=1S/C20H23N3O3/c1-13-17(20(26)22-14(2)21-13)11-18(24)23-10-6-9-16(12-23)19(25)15-7-4-3-5-8-15/h3-5,7-8,16H,6,9-12H2,1-2H3,(H,21,22,26)/t16-/m1/s1. The third-order valence-corrected chi connectivity index (χ3v) is 4.87. The number of aromatic amines is 1. The van der Waals surface area contributed by atoms with Gasteiger partial charge >= 0.3 is 0 Å². The molecule has 1 fully saturated rings. The molecule has 1 atom stereocenters. The minimum Gasteiger partial charge on any atom is -0.342 e. The molecule has 1 saturated heterocycles. The van der Waals surface area contributed by atoms with Crippen molar-refractivity contribution >= 4 is 11.7 Å². The van der Waals surface area contributed by atoms with Crippen molar-refractivity contribution in [2.24, 2.45) is 5.92 Å². The Balaban J connectivity index is 1.71. The number of ketones is 1. The SMILES string of the molecule is Cc1nc(C)c(CC(=O)N2CCC[C@@H](C(=O)c3ccccc3)C2)c(=O)[nH]1. The van der Waals surface area contributed by atoms with Gasteiger partial charge in [-0.2, -0.15) is 0 Å². The topological polar surface area (TPSA) is 83.1 Å². The predicted molar refractivity (Wildman–Crippen MR) is 98.1 cm³/mol. The van der Waals surface area contributed by atoms with Crippen LogP contribution in [0.1, 0.15) is 40.3 Å². The minimum atomic E-state index is -0.266. The van der Waals surface area contributed by atoms with E-state index in [4.69, 9.17) is 0 Å². The van der Waals surface area contributed by atoms with E-state index >= 15 is 0 Å². The summed E-state index contributed by atoms with van der Waals surface area (Å²) < 4.78 is 0. The summed E-state index contributed by atoms with van der Waals surface area (Å²) in [4.78, 5) is 46.1. The number of nitrogens with zero attached hydrogens (tertiary/aromatic N) is 2. The maximum atomic E-state index is 12.7. The Morgan fingerprint density at radius 2 is 1.96 bits per heavy atom. The lowest BCUT2D eigenvalue weighted by molar-refractivity contribution is -0.131.